The highest BCUT2D eigenvalue weighted by Gasteiger charge is 2.25. The molecule has 1 aliphatic heterocycles. The van der Waals surface area contributed by atoms with Gasteiger partial charge in [0.25, 0.3) is 0 Å². The minimum atomic E-state index is -0.187. The maximum atomic E-state index is 11.5. The fourth-order valence-electron chi connectivity index (χ4n) is 3.74. The minimum absolute atomic E-state index is 0.0979. The molecular weight excluding hydrogens is 326 g/mol. The molecule has 0 amide bonds. The van der Waals surface area contributed by atoms with Crippen molar-refractivity contribution in [3.8, 4) is 0 Å². The molecule has 1 unspecified atom stereocenters. The Kier molecular flexibility index (Phi) is 7.33. The number of carbonyl (C=O) groups excluding carboxylic acids is 1. The zero-order valence-electron chi connectivity index (χ0n) is 17.0. The number of nitrogen functional groups attached to an aromatic ring is 1. The summed E-state index contributed by atoms with van der Waals surface area (Å²) in [6, 6.07) is 6.82. The molecule has 0 bridgehead atoms. The van der Waals surface area contributed by atoms with Gasteiger partial charge in [-0.3, -0.25) is 4.79 Å². The van der Waals surface area contributed by atoms with Crippen LogP contribution in [0.2, 0.25) is 0 Å². The van der Waals surface area contributed by atoms with E-state index >= 15 is 0 Å². The highest BCUT2D eigenvalue weighted by molar-refractivity contribution is 5.72. The van der Waals surface area contributed by atoms with Crippen LogP contribution in [-0.4, -0.2) is 50.7 Å². The summed E-state index contributed by atoms with van der Waals surface area (Å²) in [5.41, 5.74) is 9.48. The Morgan fingerprint density at radius 3 is 2.50 bits per heavy atom. The Morgan fingerprint density at radius 1 is 1.31 bits per heavy atom. The van der Waals surface area contributed by atoms with Gasteiger partial charge >= 0.3 is 5.97 Å². The second-order valence-corrected chi connectivity index (χ2v) is 8.08. The third-order valence-electron chi connectivity index (χ3n) is 5.32. The number of nitrogens with two attached hydrogens (primary N) is 1. The molecule has 0 radical (unpaired) electrons. The quantitative estimate of drug-likeness (QED) is 0.595. The lowest BCUT2D eigenvalue weighted by Crippen LogP contribution is -2.45. The van der Waals surface area contributed by atoms with Gasteiger partial charge in [-0.2, -0.15) is 0 Å². The number of carbonyl (C=O) groups is 1. The summed E-state index contributed by atoms with van der Waals surface area (Å²) in [6.07, 6.45) is 2.71. The normalized spacial score (nSPS) is 17.3. The molecule has 0 saturated carbocycles. The third-order valence-corrected chi connectivity index (χ3v) is 5.32. The number of piperidine rings is 1. The number of esters is 1. The molecule has 0 aromatic heterocycles. The van der Waals surface area contributed by atoms with Crippen molar-refractivity contribution in [2.45, 2.75) is 52.0 Å². The molecule has 1 aromatic rings. The van der Waals surface area contributed by atoms with Crippen LogP contribution in [0.15, 0.2) is 18.2 Å². The lowest BCUT2D eigenvalue weighted by Gasteiger charge is -2.40. The summed E-state index contributed by atoms with van der Waals surface area (Å²) in [7, 11) is 3.62. The Balaban J connectivity index is 2.21. The van der Waals surface area contributed by atoms with Crippen molar-refractivity contribution in [2.75, 3.05) is 44.4 Å². The lowest BCUT2D eigenvalue weighted by atomic mass is 9.95. The van der Waals surface area contributed by atoms with Crippen LogP contribution in [-0.2, 0) is 9.53 Å². The fourth-order valence-corrected chi connectivity index (χ4v) is 3.74. The first-order valence-corrected chi connectivity index (χ1v) is 9.73. The smallest absolute Gasteiger partial charge is 0.306 e. The van der Waals surface area contributed by atoms with Crippen molar-refractivity contribution in [2.24, 2.45) is 5.92 Å². The van der Waals surface area contributed by atoms with Crippen LogP contribution in [0.3, 0.4) is 0 Å². The molecule has 5 nitrogen and oxygen atoms in total. The van der Waals surface area contributed by atoms with Gasteiger partial charge < -0.3 is 20.3 Å². The molecule has 2 N–H and O–H groups in total. The monoisotopic (exact) mass is 361 g/mol. The van der Waals surface area contributed by atoms with Gasteiger partial charge in [-0.25, -0.2) is 0 Å². The first-order chi connectivity index (χ1) is 12.3. The number of likely N-dealkylation sites (tertiary alicyclic amines) is 1. The highest BCUT2D eigenvalue weighted by Crippen LogP contribution is 2.32. The van der Waals surface area contributed by atoms with Gasteiger partial charge in [0.15, 0.2) is 0 Å². The molecular formula is C21H35N3O2. The van der Waals surface area contributed by atoms with Crippen molar-refractivity contribution < 1.29 is 9.53 Å². The summed E-state index contributed by atoms with van der Waals surface area (Å²) in [5, 5.41) is 0. The largest absolute Gasteiger partial charge is 0.469 e. The highest BCUT2D eigenvalue weighted by atomic mass is 16.5. The summed E-state index contributed by atoms with van der Waals surface area (Å²) in [4.78, 5) is 16.4. The molecule has 0 spiro atoms. The van der Waals surface area contributed by atoms with Crippen LogP contribution in [0.4, 0.5) is 11.4 Å². The van der Waals surface area contributed by atoms with Crippen LogP contribution < -0.4 is 10.6 Å². The number of hydrogen-bond acceptors (Lipinski definition) is 5. The molecule has 1 atom stereocenters. The summed E-state index contributed by atoms with van der Waals surface area (Å²) >= 11 is 0. The maximum Gasteiger partial charge on any atom is 0.306 e. The van der Waals surface area contributed by atoms with Crippen LogP contribution in [0, 0.1) is 5.92 Å². The average molecular weight is 362 g/mol. The maximum absolute atomic E-state index is 11.5. The molecule has 1 aromatic carbocycles. The zero-order valence-corrected chi connectivity index (χ0v) is 17.0. The summed E-state index contributed by atoms with van der Waals surface area (Å²) in [5.74, 6) is 0.487. The van der Waals surface area contributed by atoms with E-state index in [0.29, 0.717) is 18.4 Å². The number of nitrogens with zero attached hydrogens (tertiary/aromatic N) is 2. The number of anilines is 2. The van der Waals surface area contributed by atoms with Gasteiger partial charge in [0.2, 0.25) is 0 Å². The molecule has 2 rings (SSSR count). The van der Waals surface area contributed by atoms with Gasteiger partial charge in [-0.15, -0.1) is 0 Å². The van der Waals surface area contributed by atoms with Crippen LogP contribution in [0.25, 0.3) is 0 Å². The molecule has 1 heterocycles. The summed E-state index contributed by atoms with van der Waals surface area (Å²) in [6.45, 7) is 9.82. The molecule has 146 valence electrons. The summed E-state index contributed by atoms with van der Waals surface area (Å²) < 4.78 is 4.78. The van der Waals surface area contributed by atoms with Gasteiger partial charge in [0.1, 0.15) is 0 Å². The van der Waals surface area contributed by atoms with E-state index in [1.807, 2.05) is 13.0 Å². The standard InChI is InChI=1S/C21H35N3O2/c1-15(2)14-24(18-8-10-23(4)11-9-18)20-7-6-17(13-19(20)22)16(3)12-21(25)26-5/h6-7,13,15-16,18H,8-12,14,22H2,1-5H3. The predicted molar refractivity (Wildman–Crippen MR) is 109 cm³/mol. The third kappa shape index (κ3) is 5.37. The van der Waals surface area contributed by atoms with Gasteiger partial charge in [-0.1, -0.05) is 26.8 Å². The van der Waals surface area contributed by atoms with Crippen molar-refractivity contribution in [1.29, 1.82) is 0 Å². The van der Waals surface area contributed by atoms with Gasteiger partial charge in [0.05, 0.1) is 24.9 Å². The van der Waals surface area contributed by atoms with Crippen molar-refractivity contribution in [3.05, 3.63) is 23.8 Å². The SMILES string of the molecule is COC(=O)CC(C)c1ccc(N(CC(C)C)C2CCN(C)CC2)c(N)c1. The van der Waals surface area contributed by atoms with E-state index in [-0.39, 0.29) is 11.9 Å². The Morgan fingerprint density at radius 2 is 1.96 bits per heavy atom. The molecule has 1 aliphatic rings. The Bertz CT molecular complexity index is 595. The first kappa shape index (κ1) is 20.6. The average Bonchev–Trinajstić information content (AvgIpc) is 2.60. The van der Waals surface area contributed by atoms with E-state index in [1.165, 1.54) is 20.0 Å². The molecule has 0 aliphatic carbocycles. The van der Waals surface area contributed by atoms with Crippen molar-refractivity contribution in [3.63, 3.8) is 0 Å². The minimum Gasteiger partial charge on any atom is -0.469 e. The van der Waals surface area contributed by atoms with Crippen LogP contribution in [0.1, 0.15) is 51.5 Å². The second-order valence-electron chi connectivity index (χ2n) is 8.08. The van der Waals surface area contributed by atoms with Crippen LogP contribution >= 0.6 is 0 Å². The molecule has 1 fully saturated rings. The van der Waals surface area contributed by atoms with E-state index < -0.39 is 0 Å². The number of hydrogen-bond donors (Lipinski definition) is 1. The van der Waals surface area contributed by atoms with Crippen LogP contribution in [0.5, 0.6) is 0 Å². The van der Waals surface area contributed by atoms with E-state index in [0.717, 1.165) is 36.6 Å². The zero-order chi connectivity index (χ0) is 19.3. The van der Waals surface area contributed by atoms with Crippen molar-refractivity contribution >= 4 is 17.3 Å². The molecule has 1 saturated heterocycles. The van der Waals surface area contributed by atoms with E-state index in [4.69, 9.17) is 10.5 Å². The second kappa shape index (κ2) is 9.26. The number of methoxy groups -OCH3 is 1. The number of benzene rings is 1. The number of ether oxygens (including phenoxy) is 1. The van der Waals surface area contributed by atoms with E-state index in [2.05, 4.69) is 42.8 Å². The van der Waals surface area contributed by atoms with Gasteiger partial charge in [0, 0.05) is 12.6 Å². The number of rotatable bonds is 7. The predicted octanol–water partition coefficient (Wildman–Crippen LogP) is 3.49. The van der Waals surface area contributed by atoms with E-state index in [9.17, 15) is 4.79 Å². The topological polar surface area (TPSA) is 58.8 Å². The molecule has 26 heavy (non-hydrogen) atoms. The molecule has 5 heteroatoms. The first-order valence-electron chi connectivity index (χ1n) is 9.73. The lowest BCUT2D eigenvalue weighted by molar-refractivity contribution is -0.140. The van der Waals surface area contributed by atoms with Gasteiger partial charge in [-0.05, 0) is 62.5 Å². The Labute approximate surface area is 158 Å². The van der Waals surface area contributed by atoms with Crippen molar-refractivity contribution in [1.82, 2.24) is 4.90 Å². The fraction of sp³-hybridized carbons (Fsp3) is 0.667. The van der Waals surface area contributed by atoms with E-state index in [1.54, 1.807) is 0 Å². The Hall–Kier alpha value is -1.75.